The highest BCUT2D eigenvalue weighted by molar-refractivity contribution is 8.02. The molecule has 0 saturated heterocycles. The molecule has 1 heterocycles. The maximum atomic E-state index is 12.5. The van der Waals surface area contributed by atoms with Gasteiger partial charge in [-0.1, -0.05) is 11.8 Å². The SMILES string of the molecule is Cc1nc(SC(C)C(=O)Nc2ccc(C(F)(F)F)cc2)sc1CC(N)=O. The summed E-state index contributed by atoms with van der Waals surface area (Å²) in [5.74, 6) is -0.819. The number of nitrogens with one attached hydrogen (secondary N) is 1. The fourth-order valence-corrected chi connectivity index (χ4v) is 4.35. The van der Waals surface area contributed by atoms with E-state index in [1.165, 1.54) is 35.2 Å². The lowest BCUT2D eigenvalue weighted by Crippen LogP contribution is -2.22. The number of aromatic nitrogens is 1. The summed E-state index contributed by atoms with van der Waals surface area (Å²) in [5.41, 5.74) is 5.36. The van der Waals surface area contributed by atoms with Gasteiger partial charge in [0.15, 0.2) is 4.34 Å². The van der Waals surface area contributed by atoms with Crippen LogP contribution in [0.15, 0.2) is 28.6 Å². The highest BCUT2D eigenvalue weighted by atomic mass is 32.2. The third-order valence-electron chi connectivity index (χ3n) is 3.33. The van der Waals surface area contributed by atoms with Crippen molar-refractivity contribution in [3.8, 4) is 0 Å². The fraction of sp³-hybridized carbons (Fsp3) is 0.312. The van der Waals surface area contributed by atoms with Gasteiger partial charge >= 0.3 is 6.18 Å². The summed E-state index contributed by atoms with van der Waals surface area (Å²) >= 11 is 2.49. The van der Waals surface area contributed by atoms with E-state index in [1.54, 1.807) is 13.8 Å². The first-order chi connectivity index (χ1) is 12.1. The van der Waals surface area contributed by atoms with Crippen LogP contribution in [-0.2, 0) is 22.2 Å². The normalized spacial score (nSPS) is 12.7. The number of carbonyl (C=O) groups is 2. The first-order valence-corrected chi connectivity index (χ1v) is 9.15. The molecule has 1 unspecified atom stereocenters. The molecule has 0 radical (unpaired) electrons. The molecule has 0 spiro atoms. The number of thiazole rings is 1. The third-order valence-corrected chi connectivity index (χ3v) is 5.69. The molecule has 140 valence electrons. The predicted octanol–water partition coefficient (Wildman–Crippen LogP) is 3.62. The Morgan fingerprint density at radius 1 is 1.31 bits per heavy atom. The molecule has 1 aromatic heterocycles. The average Bonchev–Trinajstić information content (AvgIpc) is 2.85. The van der Waals surface area contributed by atoms with E-state index in [0.717, 1.165) is 17.0 Å². The number of aryl methyl sites for hydroxylation is 1. The minimum atomic E-state index is -4.42. The van der Waals surface area contributed by atoms with Crippen LogP contribution in [0, 0.1) is 6.92 Å². The zero-order valence-electron chi connectivity index (χ0n) is 13.9. The summed E-state index contributed by atoms with van der Waals surface area (Å²) in [4.78, 5) is 28.3. The minimum absolute atomic E-state index is 0.0934. The molecule has 0 aliphatic heterocycles. The van der Waals surface area contributed by atoms with Crippen LogP contribution in [0.25, 0.3) is 0 Å². The zero-order chi connectivity index (χ0) is 19.5. The number of carbonyl (C=O) groups excluding carboxylic acids is 2. The van der Waals surface area contributed by atoms with Gasteiger partial charge in [-0.05, 0) is 38.1 Å². The molecule has 0 fully saturated rings. The van der Waals surface area contributed by atoms with Crippen LogP contribution in [0.5, 0.6) is 0 Å². The minimum Gasteiger partial charge on any atom is -0.369 e. The highest BCUT2D eigenvalue weighted by Gasteiger charge is 2.30. The first kappa shape index (κ1) is 20.2. The van der Waals surface area contributed by atoms with Gasteiger partial charge in [-0.25, -0.2) is 4.98 Å². The number of halogens is 3. The summed E-state index contributed by atoms with van der Waals surface area (Å²) in [6.45, 7) is 3.42. The molecule has 0 aliphatic carbocycles. The zero-order valence-corrected chi connectivity index (χ0v) is 15.5. The number of alkyl halides is 3. The number of thioether (sulfide) groups is 1. The van der Waals surface area contributed by atoms with Gasteiger partial charge in [0.1, 0.15) is 0 Å². The number of rotatable bonds is 6. The second-order valence-corrected chi connectivity index (χ2v) is 8.13. The van der Waals surface area contributed by atoms with Crippen molar-refractivity contribution in [1.82, 2.24) is 4.98 Å². The maximum Gasteiger partial charge on any atom is 0.416 e. The largest absolute Gasteiger partial charge is 0.416 e. The summed E-state index contributed by atoms with van der Waals surface area (Å²) < 4.78 is 38.2. The Kier molecular flexibility index (Phi) is 6.30. The number of anilines is 1. The van der Waals surface area contributed by atoms with Crippen molar-refractivity contribution in [2.75, 3.05) is 5.32 Å². The second kappa shape index (κ2) is 8.09. The molecule has 3 N–H and O–H groups in total. The summed E-state index contributed by atoms with van der Waals surface area (Å²) in [5, 5.41) is 2.05. The summed E-state index contributed by atoms with van der Waals surface area (Å²) in [6.07, 6.45) is -4.33. The van der Waals surface area contributed by atoms with Gasteiger partial charge in [0.25, 0.3) is 0 Å². The van der Waals surface area contributed by atoms with E-state index in [-0.39, 0.29) is 18.0 Å². The van der Waals surface area contributed by atoms with Crippen LogP contribution in [0.2, 0.25) is 0 Å². The molecule has 1 atom stereocenters. The standard InChI is InChI=1S/C16H16F3N3O2S2/c1-8-12(7-13(20)23)26-15(21-8)25-9(2)14(24)22-11-5-3-10(4-6-11)16(17,18)19/h3-6,9H,7H2,1-2H3,(H2,20,23)(H,22,24). The van der Waals surface area contributed by atoms with E-state index in [0.29, 0.717) is 10.0 Å². The number of nitrogens with two attached hydrogens (primary N) is 1. The van der Waals surface area contributed by atoms with Crippen molar-refractivity contribution in [1.29, 1.82) is 0 Å². The average molecular weight is 403 g/mol. The molecule has 0 aliphatic rings. The molecule has 0 bridgehead atoms. The van der Waals surface area contributed by atoms with Crippen molar-refractivity contribution in [3.63, 3.8) is 0 Å². The number of primary amides is 1. The summed E-state index contributed by atoms with van der Waals surface area (Å²) in [7, 11) is 0. The molecule has 2 rings (SSSR count). The number of hydrogen-bond donors (Lipinski definition) is 2. The Labute approximate surface area is 156 Å². The van der Waals surface area contributed by atoms with Gasteiger partial charge in [-0.2, -0.15) is 13.2 Å². The fourth-order valence-electron chi connectivity index (χ4n) is 1.97. The molecule has 2 aromatic rings. The smallest absolute Gasteiger partial charge is 0.369 e. The topological polar surface area (TPSA) is 85.1 Å². The molecule has 2 amide bonds. The molecule has 26 heavy (non-hydrogen) atoms. The van der Waals surface area contributed by atoms with Crippen LogP contribution in [0.3, 0.4) is 0 Å². The Balaban J connectivity index is 1.98. The predicted molar refractivity (Wildman–Crippen MR) is 95.1 cm³/mol. The van der Waals surface area contributed by atoms with E-state index in [2.05, 4.69) is 10.3 Å². The highest BCUT2D eigenvalue weighted by Crippen LogP contribution is 2.32. The Morgan fingerprint density at radius 3 is 2.46 bits per heavy atom. The van der Waals surface area contributed by atoms with Crippen molar-refractivity contribution in [3.05, 3.63) is 40.4 Å². The van der Waals surface area contributed by atoms with E-state index in [9.17, 15) is 22.8 Å². The Bertz CT molecular complexity index is 804. The monoisotopic (exact) mass is 403 g/mol. The molecule has 5 nitrogen and oxygen atoms in total. The quantitative estimate of drug-likeness (QED) is 0.722. The molecule has 1 aromatic carbocycles. The molecular weight excluding hydrogens is 387 g/mol. The lowest BCUT2D eigenvalue weighted by Gasteiger charge is -2.12. The van der Waals surface area contributed by atoms with Gasteiger partial charge in [-0.3, -0.25) is 9.59 Å². The van der Waals surface area contributed by atoms with Crippen molar-refractivity contribution >= 4 is 40.6 Å². The van der Waals surface area contributed by atoms with Crippen LogP contribution in [0.1, 0.15) is 23.1 Å². The van der Waals surface area contributed by atoms with Gasteiger partial charge in [0.05, 0.1) is 22.9 Å². The molecular formula is C16H16F3N3O2S2. The van der Waals surface area contributed by atoms with Gasteiger partial charge in [-0.15, -0.1) is 11.3 Å². The number of amides is 2. The number of nitrogens with zero attached hydrogens (tertiary/aromatic N) is 1. The van der Waals surface area contributed by atoms with Crippen LogP contribution < -0.4 is 11.1 Å². The van der Waals surface area contributed by atoms with E-state index >= 15 is 0 Å². The van der Waals surface area contributed by atoms with Crippen LogP contribution in [-0.4, -0.2) is 22.0 Å². The van der Waals surface area contributed by atoms with Gasteiger partial charge < -0.3 is 11.1 Å². The van der Waals surface area contributed by atoms with Crippen LogP contribution in [0.4, 0.5) is 18.9 Å². The maximum absolute atomic E-state index is 12.5. The lowest BCUT2D eigenvalue weighted by molar-refractivity contribution is -0.137. The van der Waals surface area contributed by atoms with Crippen molar-refractivity contribution < 1.29 is 22.8 Å². The second-order valence-electron chi connectivity index (χ2n) is 5.46. The van der Waals surface area contributed by atoms with E-state index < -0.39 is 22.9 Å². The van der Waals surface area contributed by atoms with Gasteiger partial charge in [0, 0.05) is 10.6 Å². The molecule has 0 saturated carbocycles. The Morgan fingerprint density at radius 2 is 1.92 bits per heavy atom. The number of benzene rings is 1. The lowest BCUT2D eigenvalue weighted by atomic mass is 10.2. The number of hydrogen-bond acceptors (Lipinski definition) is 5. The third kappa shape index (κ3) is 5.46. The van der Waals surface area contributed by atoms with Crippen molar-refractivity contribution in [2.45, 2.75) is 36.0 Å². The Hall–Kier alpha value is -2.07. The van der Waals surface area contributed by atoms with Crippen LogP contribution >= 0.6 is 23.1 Å². The van der Waals surface area contributed by atoms with Gasteiger partial charge in [0.2, 0.25) is 11.8 Å². The summed E-state index contributed by atoms with van der Waals surface area (Å²) in [6, 6.07) is 4.23. The van der Waals surface area contributed by atoms with E-state index in [1.807, 2.05) is 0 Å². The first-order valence-electron chi connectivity index (χ1n) is 7.45. The molecule has 10 heteroatoms. The van der Waals surface area contributed by atoms with E-state index in [4.69, 9.17) is 5.73 Å². The van der Waals surface area contributed by atoms with Crippen molar-refractivity contribution in [2.24, 2.45) is 5.73 Å².